The Morgan fingerprint density at radius 1 is 1.08 bits per heavy atom. The topological polar surface area (TPSA) is 54.9 Å². The minimum Gasteiger partial charge on any atom is -0.493 e. The number of ether oxygens (including phenoxy) is 2. The van der Waals surface area contributed by atoms with Crippen molar-refractivity contribution >= 4 is 28.7 Å². The maximum absolute atomic E-state index is 5.36. The Hall–Kier alpha value is -1.82. The predicted molar refractivity (Wildman–Crippen MR) is 106 cm³/mol. The average Bonchev–Trinajstić information content (AvgIpc) is 2.66. The largest absolute Gasteiger partial charge is 0.493 e. The number of methoxy groups -OCH3 is 2. The van der Waals surface area contributed by atoms with Gasteiger partial charge in [0, 0.05) is 17.5 Å². The highest BCUT2D eigenvalue weighted by Crippen LogP contribution is 2.39. The van der Waals surface area contributed by atoms with Crippen molar-refractivity contribution in [3.8, 4) is 11.5 Å². The molecule has 0 heterocycles. The van der Waals surface area contributed by atoms with Gasteiger partial charge in [-0.2, -0.15) is 5.10 Å². The fourth-order valence-corrected chi connectivity index (χ4v) is 4.16. The third-order valence-corrected chi connectivity index (χ3v) is 5.52. The molecular weight excluding hydrogens is 334 g/mol. The number of hydrogen-bond donors (Lipinski definition) is 2. The zero-order valence-corrected chi connectivity index (χ0v) is 15.8. The fourth-order valence-electron chi connectivity index (χ4n) is 3.99. The first-order valence-corrected chi connectivity index (χ1v) is 9.45. The molecule has 1 aromatic carbocycles. The molecular formula is C19H27N3O2S. The van der Waals surface area contributed by atoms with E-state index in [4.69, 9.17) is 21.7 Å². The summed E-state index contributed by atoms with van der Waals surface area (Å²) in [6, 6.07) is 5.60. The van der Waals surface area contributed by atoms with Gasteiger partial charge >= 0.3 is 0 Å². The second-order valence-corrected chi connectivity index (χ2v) is 7.27. The summed E-state index contributed by atoms with van der Waals surface area (Å²) < 4.78 is 10.6. The molecule has 6 heteroatoms. The number of nitrogens with one attached hydrogen (secondary N) is 2. The summed E-state index contributed by atoms with van der Waals surface area (Å²) in [4.78, 5) is 0. The zero-order chi connectivity index (χ0) is 17.6. The fraction of sp³-hybridized carbons (Fsp3) is 0.579. The van der Waals surface area contributed by atoms with Gasteiger partial charge in [-0.15, -0.1) is 0 Å². The van der Waals surface area contributed by atoms with Crippen molar-refractivity contribution in [3.63, 3.8) is 0 Å². The molecule has 0 saturated heterocycles. The van der Waals surface area contributed by atoms with Crippen LogP contribution in [0, 0.1) is 11.8 Å². The summed E-state index contributed by atoms with van der Waals surface area (Å²) in [5.41, 5.74) is 5.09. The second-order valence-electron chi connectivity index (χ2n) is 6.86. The van der Waals surface area contributed by atoms with Crippen LogP contribution in [0.3, 0.4) is 0 Å². The van der Waals surface area contributed by atoms with Crippen LogP contribution >= 0.6 is 12.2 Å². The third kappa shape index (κ3) is 4.63. The van der Waals surface area contributed by atoms with Gasteiger partial charge in [-0.05, 0) is 61.9 Å². The molecule has 0 radical (unpaired) electrons. The van der Waals surface area contributed by atoms with Gasteiger partial charge in [0.15, 0.2) is 16.6 Å². The maximum Gasteiger partial charge on any atom is 0.191 e. The number of benzene rings is 1. The summed E-state index contributed by atoms with van der Waals surface area (Å²) in [6.07, 6.45) is 9.04. The van der Waals surface area contributed by atoms with Crippen molar-refractivity contribution in [2.45, 2.75) is 44.9 Å². The van der Waals surface area contributed by atoms with E-state index >= 15 is 0 Å². The Balaban J connectivity index is 1.54. The van der Waals surface area contributed by atoms with Crippen LogP contribution in [0.5, 0.6) is 11.5 Å². The number of nitrogens with zero attached hydrogens (tertiary/aromatic N) is 1. The van der Waals surface area contributed by atoms with E-state index in [-0.39, 0.29) is 0 Å². The van der Waals surface area contributed by atoms with Crippen molar-refractivity contribution in [1.82, 2.24) is 5.43 Å². The van der Waals surface area contributed by atoms with Crippen LogP contribution in [0.25, 0.3) is 0 Å². The summed E-state index contributed by atoms with van der Waals surface area (Å²) in [6.45, 7) is 0. The quantitative estimate of drug-likeness (QED) is 0.617. The number of thiocarbonyl (C=S) groups is 1. The summed E-state index contributed by atoms with van der Waals surface area (Å²) >= 11 is 5.36. The predicted octanol–water partition coefficient (Wildman–Crippen LogP) is 4.34. The average molecular weight is 362 g/mol. The van der Waals surface area contributed by atoms with Crippen LogP contribution in [0.15, 0.2) is 23.3 Å². The smallest absolute Gasteiger partial charge is 0.191 e. The van der Waals surface area contributed by atoms with Crippen molar-refractivity contribution in [2.24, 2.45) is 16.9 Å². The van der Waals surface area contributed by atoms with Crippen LogP contribution in [0.1, 0.15) is 44.9 Å². The van der Waals surface area contributed by atoms with E-state index < -0.39 is 0 Å². The van der Waals surface area contributed by atoms with Crippen molar-refractivity contribution in [1.29, 1.82) is 0 Å². The molecule has 0 aliphatic heterocycles. The van der Waals surface area contributed by atoms with Gasteiger partial charge in [0.1, 0.15) is 0 Å². The summed E-state index contributed by atoms with van der Waals surface area (Å²) in [7, 11) is 3.24. The molecule has 5 nitrogen and oxygen atoms in total. The summed E-state index contributed by atoms with van der Waals surface area (Å²) in [5.74, 6) is 3.11. The third-order valence-electron chi connectivity index (χ3n) is 5.32. The van der Waals surface area contributed by atoms with E-state index in [1.165, 1.54) is 37.8 Å². The normalized spacial score (nSPS) is 24.3. The van der Waals surface area contributed by atoms with E-state index in [9.17, 15) is 0 Å². The second kappa shape index (κ2) is 8.52. The molecule has 2 aliphatic rings. The van der Waals surface area contributed by atoms with E-state index in [0.717, 1.165) is 30.4 Å². The molecule has 136 valence electrons. The first-order valence-electron chi connectivity index (χ1n) is 9.04. The highest BCUT2D eigenvalue weighted by molar-refractivity contribution is 7.80. The minimum atomic E-state index is 0.491. The molecule has 2 fully saturated rings. The number of rotatable bonds is 4. The maximum atomic E-state index is 5.36. The molecule has 3 rings (SSSR count). The molecule has 1 aromatic rings. The van der Waals surface area contributed by atoms with Crippen LogP contribution in [-0.4, -0.2) is 25.0 Å². The van der Waals surface area contributed by atoms with E-state index in [1.54, 1.807) is 14.2 Å². The highest BCUT2D eigenvalue weighted by Gasteiger charge is 2.30. The minimum absolute atomic E-state index is 0.491. The van der Waals surface area contributed by atoms with Crippen LogP contribution in [0.4, 0.5) is 5.69 Å². The Bertz CT molecular complexity index is 648. The van der Waals surface area contributed by atoms with Crippen LogP contribution in [-0.2, 0) is 0 Å². The van der Waals surface area contributed by atoms with Gasteiger partial charge in [0.05, 0.1) is 14.2 Å². The summed E-state index contributed by atoms with van der Waals surface area (Å²) in [5, 5.41) is 8.19. The first-order chi connectivity index (χ1) is 12.2. The van der Waals surface area contributed by atoms with Gasteiger partial charge in [0.2, 0.25) is 0 Å². The molecule has 2 saturated carbocycles. The zero-order valence-electron chi connectivity index (χ0n) is 15.0. The monoisotopic (exact) mass is 361 g/mol. The Labute approximate surface area is 155 Å². The molecule has 2 atom stereocenters. The van der Waals surface area contributed by atoms with Gasteiger partial charge in [0.25, 0.3) is 0 Å². The molecule has 0 unspecified atom stereocenters. The van der Waals surface area contributed by atoms with Crippen molar-refractivity contribution in [3.05, 3.63) is 18.2 Å². The molecule has 0 spiro atoms. The Morgan fingerprint density at radius 2 is 1.84 bits per heavy atom. The molecule has 2 aliphatic carbocycles. The van der Waals surface area contributed by atoms with Gasteiger partial charge < -0.3 is 14.8 Å². The Kier molecular flexibility index (Phi) is 6.13. The number of fused-ring (bicyclic) bond motifs is 1. The van der Waals surface area contributed by atoms with Crippen molar-refractivity contribution < 1.29 is 9.47 Å². The van der Waals surface area contributed by atoms with Crippen LogP contribution < -0.4 is 20.2 Å². The first kappa shape index (κ1) is 18.0. The van der Waals surface area contributed by atoms with E-state index in [1.807, 2.05) is 18.2 Å². The number of hydrazone groups is 1. The van der Waals surface area contributed by atoms with Gasteiger partial charge in [-0.1, -0.05) is 19.3 Å². The highest BCUT2D eigenvalue weighted by atomic mass is 32.1. The van der Waals surface area contributed by atoms with Crippen LogP contribution in [0.2, 0.25) is 0 Å². The molecule has 25 heavy (non-hydrogen) atoms. The molecule has 0 amide bonds. The lowest BCUT2D eigenvalue weighted by Gasteiger charge is -2.35. The lowest BCUT2D eigenvalue weighted by Crippen LogP contribution is -2.30. The number of anilines is 1. The molecule has 0 bridgehead atoms. The SMILES string of the molecule is COc1ccc(NC(=S)N/N=C2\CC[C@H]3CCCC[C@@H]3C2)cc1OC. The molecule has 2 N–H and O–H groups in total. The standard InChI is InChI=1S/C19H27N3O2S/c1-23-17-10-9-15(12-18(17)24-2)20-19(25)22-21-16-8-7-13-5-3-4-6-14(13)11-16/h9-10,12-14H,3-8,11H2,1-2H3,(H2,20,22,25)/b21-16+/t13-,14-/m1/s1. The van der Waals surface area contributed by atoms with Gasteiger partial charge in [-0.3, -0.25) is 5.43 Å². The number of hydrogen-bond acceptors (Lipinski definition) is 4. The molecule has 0 aromatic heterocycles. The van der Waals surface area contributed by atoms with Gasteiger partial charge in [-0.25, -0.2) is 0 Å². The Morgan fingerprint density at radius 3 is 2.60 bits per heavy atom. The van der Waals surface area contributed by atoms with Crippen molar-refractivity contribution in [2.75, 3.05) is 19.5 Å². The van der Waals surface area contributed by atoms with E-state index in [2.05, 4.69) is 15.8 Å². The van der Waals surface area contributed by atoms with E-state index in [0.29, 0.717) is 16.6 Å². The lowest BCUT2D eigenvalue weighted by atomic mass is 9.70. The lowest BCUT2D eigenvalue weighted by molar-refractivity contribution is 0.218.